The first-order valence-electron chi connectivity index (χ1n) is 14.2. The molecule has 1 saturated carbocycles. The first kappa shape index (κ1) is 32.2. The van der Waals surface area contributed by atoms with Gasteiger partial charge in [-0.1, -0.05) is 73.0 Å². The van der Waals surface area contributed by atoms with Gasteiger partial charge in [-0.05, 0) is 42.2 Å². The highest BCUT2D eigenvalue weighted by molar-refractivity contribution is 7.92. The van der Waals surface area contributed by atoms with Gasteiger partial charge in [0.2, 0.25) is 21.8 Å². The van der Waals surface area contributed by atoms with Crippen LogP contribution in [-0.2, 0) is 32.6 Å². The molecule has 0 heterocycles. The Morgan fingerprint density at radius 1 is 0.977 bits per heavy atom. The van der Waals surface area contributed by atoms with Crippen LogP contribution in [0.5, 0.6) is 11.5 Å². The van der Waals surface area contributed by atoms with Crippen LogP contribution in [0.15, 0.2) is 72.8 Å². The van der Waals surface area contributed by atoms with E-state index in [2.05, 4.69) is 5.32 Å². The lowest BCUT2D eigenvalue weighted by molar-refractivity contribution is -0.140. The van der Waals surface area contributed by atoms with Crippen LogP contribution < -0.4 is 19.1 Å². The van der Waals surface area contributed by atoms with Gasteiger partial charge in [-0.2, -0.15) is 0 Å². The van der Waals surface area contributed by atoms with E-state index in [9.17, 15) is 18.0 Å². The van der Waals surface area contributed by atoms with Crippen LogP contribution >= 0.6 is 11.6 Å². The quantitative estimate of drug-likeness (QED) is 0.291. The number of hydrogen-bond donors (Lipinski definition) is 1. The Hall–Kier alpha value is -3.76. The number of anilines is 1. The summed E-state index contributed by atoms with van der Waals surface area (Å²) >= 11 is 6.53. The summed E-state index contributed by atoms with van der Waals surface area (Å²) in [5.74, 6) is -0.224. The van der Waals surface area contributed by atoms with Crippen molar-refractivity contribution in [2.75, 3.05) is 31.3 Å². The number of carbonyl (C=O) groups excluding carboxylic acids is 2. The molecule has 0 radical (unpaired) electrons. The molecule has 0 aliphatic heterocycles. The van der Waals surface area contributed by atoms with E-state index in [0.717, 1.165) is 41.8 Å². The molecule has 230 valence electrons. The third kappa shape index (κ3) is 8.42. The Labute approximate surface area is 258 Å². The maximum absolute atomic E-state index is 14.3. The molecular weight excluding hydrogens is 590 g/mol. The van der Waals surface area contributed by atoms with E-state index in [1.54, 1.807) is 36.4 Å². The Bertz CT molecular complexity index is 1510. The van der Waals surface area contributed by atoms with Gasteiger partial charge in [0.25, 0.3) is 0 Å². The highest BCUT2D eigenvalue weighted by Crippen LogP contribution is 2.34. The molecule has 3 aromatic carbocycles. The monoisotopic (exact) mass is 627 g/mol. The molecule has 9 nitrogen and oxygen atoms in total. The van der Waals surface area contributed by atoms with E-state index in [4.69, 9.17) is 21.1 Å². The molecule has 43 heavy (non-hydrogen) atoms. The van der Waals surface area contributed by atoms with Crippen LogP contribution in [0.4, 0.5) is 5.69 Å². The van der Waals surface area contributed by atoms with E-state index in [0.29, 0.717) is 16.3 Å². The molecule has 1 atom stereocenters. The predicted molar refractivity (Wildman–Crippen MR) is 168 cm³/mol. The van der Waals surface area contributed by atoms with Crippen molar-refractivity contribution in [3.05, 3.63) is 88.9 Å². The Morgan fingerprint density at radius 2 is 1.65 bits per heavy atom. The largest absolute Gasteiger partial charge is 0.497 e. The third-order valence-corrected chi connectivity index (χ3v) is 9.10. The van der Waals surface area contributed by atoms with Gasteiger partial charge in [0, 0.05) is 30.1 Å². The molecular formula is C32H38ClN3O6S. The highest BCUT2D eigenvalue weighted by atomic mass is 35.5. The topological polar surface area (TPSA) is 105 Å². The zero-order chi connectivity index (χ0) is 31.0. The first-order chi connectivity index (χ1) is 20.6. The van der Waals surface area contributed by atoms with E-state index >= 15 is 0 Å². The van der Waals surface area contributed by atoms with Crippen molar-refractivity contribution in [3.63, 3.8) is 0 Å². The summed E-state index contributed by atoms with van der Waals surface area (Å²) in [7, 11) is -1.11. The lowest BCUT2D eigenvalue weighted by Crippen LogP contribution is -2.54. The van der Waals surface area contributed by atoms with Crippen molar-refractivity contribution in [1.29, 1.82) is 0 Å². The van der Waals surface area contributed by atoms with Gasteiger partial charge in [0.05, 0.1) is 26.2 Å². The molecule has 2 amide bonds. The highest BCUT2D eigenvalue weighted by Gasteiger charge is 2.35. The number of ether oxygens (including phenoxy) is 2. The lowest BCUT2D eigenvalue weighted by Gasteiger charge is -2.34. The summed E-state index contributed by atoms with van der Waals surface area (Å²) in [5.41, 5.74) is 1.64. The molecule has 4 rings (SSSR count). The van der Waals surface area contributed by atoms with Crippen LogP contribution in [0.2, 0.25) is 5.02 Å². The Morgan fingerprint density at radius 3 is 2.28 bits per heavy atom. The molecule has 1 aliphatic carbocycles. The zero-order valence-electron chi connectivity index (χ0n) is 24.7. The van der Waals surface area contributed by atoms with Gasteiger partial charge in [-0.25, -0.2) is 8.42 Å². The molecule has 1 fully saturated rings. The number of nitrogens with zero attached hydrogens (tertiary/aromatic N) is 2. The second kappa shape index (κ2) is 14.6. The number of halogens is 1. The number of benzene rings is 3. The third-order valence-electron chi connectivity index (χ3n) is 7.61. The van der Waals surface area contributed by atoms with Crippen molar-refractivity contribution in [2.24, 2.45) is 0 Å². The first-order valence-corrected chi connectivity index (χ1v) is 16.4. The fourth-order valence-corrected chi connectivity index (χ4v) is 6.36. The molecule has 1 aliphatic rings. The average molecular weight is 628 g/mol. The molecule has 3 aromatic rings. The number of sulfonamides is 1. The molecule has 1 N–H and O–H groups in total. The van der Waals surface area contributed by atoms with E-state index < -0.39 is 28.5 Å². The summed E-state index contributed by atoms with van der Waals surface area (Å²) in [5, 5.41) is 3.58. The fraction of sp³-hybridized carbons (Fsp3) is 0.375. The second-order valence-electron chi connectivity index (χ2n) is 10.6. The lowest BCUT2D eigenvalue weighted by atomic mass is 10.0. The molecule has 0 unspecified atom stereocenters. The van der Waals surface area contributed by atoms with Crippen LogP contribution in [0, 0.1) is 0 Å². The summed E-state index contributed by atoms with van der Waals surface area (Å²) in [6.45, 7) is -0.574. The Kier molecular flexibility index (Phi) is 10.9. The maximum atomic E-state index is 14.3. The summed E-state index contributed by atoms with van der Waals surface area (Å²) < 4.78 is 38.1. The SMILES string of the molecule is COc1ccc(OC)c(N(CC(=O)N(Cc2ccccc2Cl)[C@@H](Cc2ccccc2)C(=O)NC2CCCC2)S(C)(=O)=O)c1. The van der Waals surface area contributed by atoms with Gasteiger partial charge in [0.15, 0.2) is 0 Å². The standard InChI is InChI=1S/C32H38ClN3O6S/c1-41-26-17-18-30(42-2)28(20-26)36(43(3,39)40)22-31(37)35(21-24-13-7-10-16-27(24)33)29(19-23-11-5-4-6-12-23)32(38)34-25-14-8-9-15-25/h4-7,10-13,16-18,20,25,29H,8-9,14-15,19,21-22H2,1-3H3,(H,34,38)/t29-/m0/s1. The Balaban J connectivity index is 1.77. The second-order valence-corrected chi connectivity index (χ2v) is 12.9. The summed E-state index contributed by atoms with van der Waals surface area (Å²) in [4.78, 5) is 29.7. The number of methoxy groups -OCH3 is 2. The van der Waals surface area contributed by atoms with Crippen molar-refractivity contribution in [3.8, 4) is 11.5 Å². The molecule has 0 spiro atoms. The number of amides is 2. The van der Waals surface area contributed by atoms with E-state index in [-0.39, 0.29) is 36.4 Å². The van der Waals surface area contributed by atoms with Crippen molar-refractivity contribution in [1.82, 2.24) is 10.2 Å². The van der Waals surface area contributed by atoms with Crippen LogP contribution in [-0.4, -0.2) is 64.2 Å². The number of carbonyl (C=O) groups is 2. The van der Waals surface area contributed by atoms with Crippen molar-refractivity contribution >= 4 is 39.1 Å². The summed E-state index contributed by atoms with van der Waals surface area (Å²) in [6.07, 6.45) is 5.06. The number of hydrogen-bond acceptors (Lipinski definition) is 6. The van der Waals surface area contributed by atoms with E-state index in [1.807, 2.05) is 30.3 Å². The molecule has 0 bridgehead atoms. The normalized spacial score (nSPS) is 14.1. The maximum Gasteiger partial charge on any atom is 0.244 e. The van der Waals surface area contributed by atoms with Crippen molar-refractivity contribution in [2.45, 2.75) is 50.7 Å². The fourth-order valence-electron chi connectivity index (χ4n) is 5.32. The minimum absolute atomic E-state index is 0.000934. The smallest absolute Gasteiger partial charge is 0.244 e. The minimum atomic E-state index is -3.98. The average Bonchev–Trinajstić information content (AvgIpc) is 3.51. The van der Waals surface area contributed by atoms with Crippen molar-refractivity contribution < 1.29 is 27.5 Å². The van der Waals surface area contributed by atoms with Crippen LogP contribution in [0.3, 0.4) is 0 Å². The predicted octanol–water partition coefficient (Wildman–Crippen LogP) is 4.82. The van der Waals surface area contributed by atoms with E-state index in [1.165, 1.54) is 25.2 Å². The minimum Gasteiger partial charge on any atom is -0.497 e. The van der Waals surface area contributed by atoms with Gasteiger partial charge in [0.1, 0.15) is 24.1 Å². The van der Waals surface area contributed by atoms with Crippen LogP contribution in [0.1, 0.15) is 36.8 Å². The van der Waals surface area contributed by atoms with Gasteiger partial charge >= 0.3 is 0 Å². The number of rotatable bonds is 13. The molecule has 0 aromatic heterocycles. The molecule has 0 saturated heterocycles. The zero-order valence-corrected chi connectivity index (χ0v) is 26.2. The number of nitrogens with one attached hydrogen (secondary N) is 1. The van der Waals surface area contributed by atoms with Gasteiger partial charge in [-0.15, -0.1) is 0 Å². The van der Waals surface area contributed by atoms with Crippen LogP contribution in [0.25, 0.3) is 0 Å². The molecule has 11 heteroatoms. The van der Waals surface area contributed by atoms with Gasteiger partial charge < -0.3 is 19.7 Å². The summed E-state index contributed by atoms with van der Waals surface area (Å²) in [6, 6.07) is 20.3. The van der Waals surface area contributed by atoms with Gasteiger partial charge in [-0.3, -0.25) is 13.9 Å².